The second kappa shape index (κ2) is 7.66. The number of nitrogens with one attached hydrogen (secondary N) is 2. The maximum absolute atomic E-state index is 12.8. The summed E-state index contributed by atoms with van der Waals surface area (Å²) in [5, 5.41) is 19.8. The molecule has 0 unspecified atom stereocenters. The first-order chi connectivity index (χ1) is 13.7. The Bertz CT molecular complexity index is 1050. The summed E-state index contributed by atoms with van der Waals surface area (Å²) in [5.41, 5.74) is 8.13. The Balaban J connectivity index is 1.59. The standard InChI is InChI=1S/C20H21N7O/c21-11-13-5-1-3-7-16(13)24-19(28)18-10-9-14-12-23-20(26-27(14)18)25-17-8-4-2-6-15(17)22/h1,3,5,7,9-10,12,15,17H,2,4,6,8,22H2,(H,24,28)(H,25,26)/t15-,17+/m0/s1. The van der Waals surface area contributed by atoms with Crippen LogP contribution in [-0.4, -0.2) is 32.6 Å². The molecular formula is C20H21N7O. The van der Waals surface area contributed by atoms with Crippen molar-refractivity contribution in [3.8, 4) is 6.07 Å². The summed E-state index contributed by atoms with van der Waals surface area (Å²) in [7, 11) is 0. The molecule has 28 heavy (non-hydrogen) atoms. The van der Waals surface area contributed by atoms with Crippen LogP contribution >= 0.6 is 0 Å². The Morgan fingerprint density at radius 2 is 2.04 bits per heavy atom. The van der Waals surface area contributed by atoms with Crippen LogP contribution in [0, 0.1) is 11.3 Å². The molecule has 0 spiro atoms. The minimum Gasteiger partial charge on any atom is -0.349 e. The highest BCUT2D eigenvalue weighted by atomic mass is 16.2. The topological polar surface area (TPSA) is 121 Å². The number of fused-ring (bicyclic) bond motifs is 1. The van der Waals surface area contributed by atoms with Gasteiger partial charge >= 0.3 is 0 Å². The first-order valence-electron chi connectivity index (χ1n) is 9.33. The van der Waals surface area contributed by atoms with Gasteiger partial charge in [-0.1, -0.05) is 25.0 Å². The van der Waals surface area contributed by atoms with Gasteiger partial charge in [0.25, 0.3) is 5.91 Å². The molecule has 8 nitrogen and oxygen atoms in total. The van der Waals surface area contributed by atoms with Gasteiger partial charge < -0.3 is 16.4 Å². The number of hydrogen-bond donors (Lipinski definition) is 3. The van der Waals surface area contributed by atoms with E-state index >= 15 is 0 Å². The first kappa shape index (κ1) is 17.9. The molecule has 0 radical (unpaired) electrons. The van der Waals surface area contributed by atoms with Crippen molar-refractivity contribution in [2.24, 2.45) is 5.73 Å². The van der Waals surface area contributed by atoms with E-state index in [-0.39, 0.29) is 18.0 Å². The van der Waals surface area contributed by atoms with Gasteiger partial charge in [-0.05, 0) is 37.1 Å². The van der Waals surface area contributed by atoms with E-state index in [0.29, 0.717) is 28.4 Å². The van der Waals surface area contributed by atoms with E-state index in [1.165, 1.54) is 0 Å². The van der Waals surface area contributed by atoms with Crippen LogP contribution in [0.2, 0.25) is 0 Å². The zero-order valence-electron chi connectivity index (χ0n) is 15.3. The molecule has 1 aliphatic rings. The number of nitriles is 1. The molecule has 8 heteroatoms. The predicted octanol–water partition coefficient (Wildman–Crippen LogP) is 2.54. The van der Waals surface area contributed by atoms with Crippen LogP contribution in [0.3, 0.4) is 0 Å². The quantitative estimate of drug-likeness (QED) is 0.644. The fourth-order valence-corrected chi connectivity index (χ4v) is 3.52. The number of benzene rings is 1. The highest BCUT2D eigenvalue weighted by molar-refractivity contribution is 6.04. The van der Waals surface area contributed by atoms with Gasteiger partial charge in [0.05, 0.1) is 23.0 Å². The smallest absolute Gasteiger partial charge is 0.274 e. The van der Waals surface area contributed by atoms with Gasteiger partial charge in [-0.3, -0.25) is 4.79 Å². The molecule has 4 rings (SSSR count). The highest BCUT2D eigenvalue weighted by Crippen LogP contribution is 2.20. The molecule has 1 fully saturated rings. The zero-order chi connectivity index (χ0) is 19.5. The molecule has 2 aromatic heterocycles. The second-order valence-corrected chi connectivity index (χ2v) is 6.95. The number of nitrogens with two attached hydrogens (primary N) is 1. The summed E-state index contributed by atoms with van der Waals surface area (Å²) in [5.74, 6) is 0.0965. The molecule has 142 valence electrons. The van der Waals surface area contributed by atoms with Crippen LogP contribution in [0.5, 0.6) is 0 Å². The van der Waals surface area contributed by atoms with Crippen molar-refractivity contribution >= 4 is 23.1 Å². The molecular weight excluding hydrogens is 354 g/mol. The summed E-state index contributed by atoms with van der Waals surface area (Å²) < 4.78 is 1.55. The molecule has 0 bridgehead atoms. The van der Waals surface area contributed by atoms with Crippen LogP contribution in [-0.2, 0) is 0 Å². The van der Waals surface area contributed by atoms with Gasteiger partial charge in [0.1, 0.15) is 11.8 Å². The van der Waals surface area contributed by atoms with E-state index in [1.54, 1.807) is 47.1 Å². The van der Waals surface area contributed by atoms with Crippen LogP contribution in [0.25, 0.3) is 5.52 Å². The summed E-state index contributed by atoms with van der Waals surface area (Å²) in [6.45, 7) is 0. The van der Waals surface area contributed by atoms with Crippen molar-refractivity contribution in [1.29, 1.82) is 5.26 Å². The molecule has 3 aromatic rings. The summed E-state index contributed by atoms with van der Waals surface area (Å²) in [6.07, 6.45) is 5.90. The van der Waals surface area contributed by atoms with E-state index < -0.39 is 0 Å². The van der Waals surface area contributed by atoms with Crippen molar-refractivity contribution in [3.05, 3.63) is 53.9 Å². The molecule has 2 atom stereocenters. The van der Waals surface area contributed by atoms with Crippen molar-refractivity contribution in [2.75, 3.05) is 10.6 Å². The maximum atomic E-state index is 12.8. The Morgan fingerprint density at radius 1 is 1.21 bits per heavy atom. The first-order valence-corrected chi connectivity index (χ1v) is 9.33. The third-order valence-corrected chi connectivity index (χ3v) is 5.06. The number of nitrogens with zero attached hydrogens (tertiary/aromatic N) is 4. The molecule has 4 N–H and O–H groups in total. The van der Waals surface area contributed by atoms with E-state index in [2.05, 4.69) is 26.8 Å². The average Bonchev–Trinajstić information content (AvgIpc) is 3.13. The molecule has 1 saturated carbocycles. The van der Waals surface area contributed by atoms with Crippen LogP contribution in [0.1, 0.15) is 41.7 Å². The van der Waals surface area contributed by atoms with E-state index in [9.17, 15) is 10.1 Å². The molecule has 1 aliphatic carbocycles. The SMILES string of the molecule is N#Cc1ccccc1NC(=O)c1ccc2cnc(N[C@@H]3CCCC[C@@H]3N)nn12. The third-order valence-electron chi connectivity index (χ3n) is 5.06. The number of amides is 1. The van der Waals surface area contributed by atoms with Gasteiger partial charge in [0.15, 0.2) is 0 Å². The van der Waals surface area contributed by atoms with Crippen molar-refractivity contribution in [2.45, 2.75) is 37.8 Å². The van der Waals surface area contributed by atoms with Gasteiger partial charge in [0.2, 0.25) is 5.95 Å². The van der Waals surface area contributed by atoms with E-state index in [1.807, 2.05) is 0 Å². The normalized spacial score (nSPS) is 19.1. The number of rotatable bonds is 4. The number of carbonyl (C=O) groups excluding carboxylic acids is 1. The Hall–Kier alpha value is -3.44. The van der Waals surface area contributed by atoms with Gasteiger partial charge in [-0.15, -0.1) is 5.10 Å². The number of aromatic nitrogens is 3. The largest absolute Gasteiger partial charge is 0.349 e. The van der Waals surface area contributed by atoms with Crippen molar-refractivity contribution in [3.63, 3.8) is 0 Å². The number of carbonyl (C=O) groups is 1. The summed E-state index contributed by atoms with van der Waals surface area (Å²) in [4.78, 5) is 17.1. The maximum Gasteiger partial charge on any atom is 0.274 e. The lowest BCUT2D eigenvalue weighted by atomic mass is 9.91. The predicted molar refractivity (Wildman–Crippen MR) is 106 cm³/mol. The van der Waals surface area contributed by atoms with Crippen molar-refractivity contribution < 1.29 is 4.79 Å². The number of hydrogen-bond acceptors (Lipinski definition) is 6. The fourth-order valence-electron chi connectivity index (χ4n) is 3.52. The van der Waals surface area contributed by atoms with Gasteiger partial charge in [-0.25, -0.2) is 9.50 Å². The van der Waals surface area contributed by atoms with E-state index in [0.717, 1.165) is 25.7 Å². The molecule has 0 aliphatic heterocycles. The van der Waals surface area contributed by atoms with Gasteiger partial charge in [-0.2, -0.15) is 5.26 Å². The lowest BCUT2D eigenvalue weighted by Crippen LogP contribution is -2.43. The van der Waals surface area contributed by atoms with Crippen LogP contribution < -0.4 is 16.4 Å². The lowest BCUT2D eigenvalue weighted by molar-refractivity contribution is 0.102. The number of anilines is 2. The van der Waals surface area contributed by atoms with Gasteiger partial charge in [0, 0.05) is 12.1 Å². The summed E-state index contributed by atoms with van der Waals surface area (Å²) in [6, 6.07) is 12.6. The van der Waals surface area contributed by atoms with Crippen LogP contribution in [0.15, 0.2) is 42.6 Å². The second-order valence-electron chi connectivity index (χ2n) is 6.95. The molecule has 1 aromatic carbocycles. The molecule has 2 heterocycles. The Kier molecular flexibility index (Phi) is 4.91. The zero-order valence-corrected chi connectivity index (χ0v) is 15.3. The fraction of sp³-hybridized carbons (Fsp3) is 0.300. The number of para-hydroxylation sites is 1. The minimum atomic E-state index is -0.346. The summed E-state index contributed by atoms with van der Waals surface area (Å²) >= 11 is 0. The average molecular weight is 375 g/mol. The lowest BCUT2D eigenvalue weighted by Gasteiger charge is -2.29. The van der Waals surface area contributed by atoms with E-state index in [4.69, 9.17) is 5.73 Å². The van der Waals surface area contributed by atoms with Crippen LogP contribution in [0.4, 0.5) is 11.6 Å². The minimum absolute atomic E-state index is 0.0722. The molecule has 0 saturated heterocycles. The third kappa shape index (κ3) is 3.52. The highest BCUT2D eigenvalue weighted by Gasteiger charge is 2.23. The Labute approximate surface area is 162 Å². The monoisotopic (exact) mass is 375 g/mol. The van der Waals surface area contributed by atoms with Crippen molar-refractivity contribution in [1.82, 2.24) is 14.6 Å². The Morgan fingerprint density at radius 3 is 2.86 bits per heavy atom. The molecule has 1 amide bonds.